The summed E-state index contributed by atoms with van der Waals surface area (Å²) in [5.74, 6) is 0.617. The minimum atomic E-state index is -0.136. The number of aromatic amines is 1. The summed E-state index contributed by atoms with van der Waals surface area (Å²) in [7, 11) is 0. The Morgan fingerprint density at radius 2 is 2.29 bits per heavy atom. The van der Waals surface area contributed by atoms with Crippen LogP contribution in [0.3, 0.4) is 0 Å². The van der Waals surface area contributed by atoms with Gasteiger partial charge in [-0.2, -0.15) is 20.2 Å². The van der Waals surface area contributed by atoms with Gasteiger partial charge in [-0.05, 0) is 6.07 Å². The second kappa shape index (κ2) is 3.52. The number of aliphatic hydroxyl groups excluding tert-OH is 1. The highest BCUT2D eigenvalue weighted by Crippen LogP contribution is 2.18. The number of fused-ring (bicyclic) bond motifs is 1. The third kappa shape index (κ3) is 1.42. The van der Waals surface area contributed by atoms with Crippen molar-refractivity contribution < 1.29 is 5.11 Å². The highest BCUT2D eigenvalue weighted by Gasteiger charge is 2.12. The molecule has 0 amide bonds. The first kappa shape index (κ1) is 9.73. The Morgan fingerprint density at radius 3 is 3.12 bits per heavy atom. The van der Waals surface area contributed by atoms with Crippen molar-refractivity contribution in [2.24, 2.45) is 0 Å². The molecular weight excluding hydrogens is 222 g/mol. The molecule has 0 bridgehead atoms. The predicted octanol–water partition coefficient (Wildman–Crippen LogP) is -0.387. The van der Waals surface area contributed by atoms with Crippen molar-refractivity contribution in [2.45, 2.75) is 6.61 Å². The topological polar surface area (TPSA) is 119 Å². The summed E-state index contributed by atoms with van der Waals surface area (Å²) in [6, 6.07) is 1.70. The fraction of sp³-hybridized carbons (Fsp3) is 0.111. The van der Waals surface area contributed by atoms with Gasteiger partial charge in [0.15, 0.2) is 11.5 Å². The van der Waals surface area contributed by atoms with Crippen LogP contribution in [0.5, 0.6) is 0 Å². The highest BCUT2D eigenvalue weighted by atomic mass is 16.3. The van der Waals surface area contributed by atoms with Crippen molar-refractivity contribution >= 4 is 17.0 Å². The number of nitrogens with one attached hydrogen (secondary N) is 1. The number of aliphatic hydroxyl groups is 1. The summed E-state index contributed by atoms with van der Waals surface area (Å²) < 4.78 is 1.51. The Hall–Kier alpha value is -2.48. The second-order valence-electron chi connectivity index (χ2n) is 3.43. The van der Waals surface area contributed by atoms with E-state index in [2.05, 4.69) is 25.3 Å². The third-order valence-corrected chi connectivity index (χ3v) is 2.39. The molecule has 4 N–H and O–H groups in total. The van der Waals surface area contributed by atoms with Crippen LogP contribution in [0.1, 0.15) is 5.69 Å². The van der Waals surface area contributed by atoms with Crippen molar-refractivity contribution in [3.63, 3.8) is 0 Å². The van der Waals surface area contributed by atoms with Crippen molar-refractivity contribution in [3.05, 3.63) is 24.2 Å². The van der Waals surface area contributed by atoms with Crippen LogP contribution in [0.4, 0.5) is 5.95 Å². The van der Waals surface area contributed by atoms with Crippen LogP contribution in [0.25, 0.3) is 16.9 Å². The zero-order chi connectivity index (χ0) is 11.8. The molecule has 0 spiro atoms. The van der Waals surface area contributed by atoms with Crippen LogP contribution in [0.15, 0.2) is 18.5 Å². The van der Waals surface area contributed by atoms with Gasteiger partial charge in [-0.3, -0.25) is 5.10 Å². The molecular formula is C9H9N7O. The van der Waals surface area contributed by atoms with Crippen LogP contribution >= 0.6 is 0 Å². The quantitative estimate of drug-likeness (QED) is 0.552. The molecule has 0 saturated carbocycles. The summed E-state index contributed by atoms with van der Waals surface area (Å²) >= 11 is 0. The summed E-state index contributed by atoms with van der Waals surface area (Å²) in [5, 5.41) is 20.6. The number of nitrogen functional groups attached to an aromatic ring is 1. The molecule has 0 aliphatic rings. The van der Waals surface area contributed by atoms with E-state index in [1.807, 2.05) is 0 Å². The van der Waals surface area contributed by atoms with Crippen LogP contribution in [-0.2, 0) is 6.61 Å². The first-order valence-corrected chi connectivity index (χ1v) is 4.90. The molecule has 17 heavy (non-hydrogen) atoms. The van der Waals surface area contributed by atoms with Crippen LogP contribution in [0, 0.1) is 0 Å². The molecule has 3 heterocycles. The Kier molecular flexibility index (Phi) is 2.02. The number of rotatable bonds is 2. The van der Waals surface area contributed by atoms with E-state index in [1.54, 1.807) is 18.5 Å². The van der Waals surface area contributed by atoms with Crippen LogP contribution in [0.2, 0.25) is 0 Å². The first-order chi connectivity index (χ1) is 8.29. The molecule has 0 unspecified atom stereocenters. The van der Waals surface area contributed by atoms with Crippen LogP contribution < -0.4 is 5.73 Å². The zero-order valence-corrected chi connectivity index (χ0v) is 8.70. The maximum absolute atomic E-state index is 9.20. The van der Waals surface area contributed by atoms with Gasteiger partial charge in [0.2, 0.25) is 5.95 Å². The smallest absolute Gasteiger partial charge is 0.224 e. The molecule has 0 saturated heterocycles. The normalized spacial score (nSPS) is 11.1. The van der Waals surface area contributed by atoms with Crippen molar-refractivity contribution in [1.29, 1.82) is 0 Å². The van der Waals surface area contributed by atoms with Gasteiger partial charge in [0.25, 0.3) is 0 Å². The number of aromatic nitrogens is 6. The molecule has 8 heteroatoms. The minimum absolute atomic E-state index is 0.121. The Labute approximate surface area is 95.1 Å². The standard InChI is InChI=1S/C9H9N7O/c10-9-13-7-6(3-11-15-7)8(14-9)16-5(4-17)1-2-12-16/h1-3,17H,4H2,(H3,10,11,13,14,15). The predicted molar refractivity (Wildman–Crippen MR) is 59.1 cm³/mol. The lowest BCUT2D eigenvalue weighted by Gasteiger charge is -2.05. The number of H-pyrrole nitrogens is 1. The SMILES string of the molecule is Nc1nc(-n2nccc2CO)c2cn[nH]c2n1. The fourth-order valence-electron chi connectivity index (χ4n) is 1.64. The molecule has 3 rings (SSSR count). The van der Waals surface area contributed by atoms with Gasteiger partial charge in [-0.1, -0.05) is 0 Å². The molecule has 0 atom stereocenters. The van der Waals surface area contributed by atoms with E-state index >= 15 is 0 Å². The Balaban J connectivity index is 2.32. The number of anilines is 1. The molecule has 8 nitrogen and oxygen atoms in total. The van der Waals surface area contributed by atoms with E-state index in [0.29, 0.717) is 22.5 Å². The first-order valence-electron chi connectivity index (χ1n) is 4.90. The molecule has 0 aliphatic carbocycles. The number of hydrogen-bond donors (Lipinski definition) is 3. The summed E-state index contributed by atoms with van der Waals surface area (Å²) in [6.07, 6.45) is 3.17. The Bertz CT molecular complexity index is 671. The molecule has 0 fully saturated rings. The van der Waals surface area contributed by atoms with E-state index in [4.69, 9.17) is 5.73 Å². The second-order valence-corrected chi connectivity index (χ2v) is 3.43. The minimum Gasteiger partial charge on any atom is -0.390 e. The van der Waals surface area contributed by atoms with Crippen molar-refractivity contribution in [3.8, 4) is 5.82 Å². The molecule has 86 valence electrons. The van der Waals surface area contributed by atoms with Gasteiger partial charge >= 0.3 is 0 Å². The largest absolute Gasteiger partial charge is 0.390 e. The fourth-order valence-corrected chi connectivity index (χ4v) is 1.64. The average Bonchev–Trinajstić information content (AvgIpc) is 2.95. The third-order valence-electron chi connectivity index (χ3n) is 2.39. The molecule has 3 aromatic rings. The highest BCUT2D eigenvalue weighted by molar-refractivity contribution is 5.82. The molecule has 0 aromatic carbocycles. The molecule has 3 aromatic heterocycles. The number of hydrogen-bond acceptors (Lipinski definition) is 6. The maximum Gasteiger partial charge on any atom is 0.224 e. The lowest BCUT2D eigenvalue weighted by Crippen LogP contribution is -2.07. The molecule has 0 radical (unpaired) electrons. The average molecular weight is 231 g/mol. The van der Waals surface area contributed by atoms with E-state index < -0.39 is 0 Å². The Morgan fingerprint density at radius 1 is 1.41 bits per heavy atom. The van der Waals surface area contributed by atoms with E-state index in [0.717, 1.165) is 0 Å². The summed E-state index contributed by atoms with van der Waals surface area (Å²) in [4.78, 5) is 8.13. The molecule has 0 aliphatic heterocycles. The van der Waals surface area contributed by atoms with E-state index in [9.17, 15) is 5.11 Å². The van der Waals surface area contributed by atoms with Crippen molar-refractivity contribution in [1.82, 2.24) is 29.9 Å². The van der Waals surface area contributed by atoms with Gasteiger partial charge in [0.05, 0.1) is 23.9 Å². The van der Waals surface area contributed by atoms with Gasteiger partial charge in [-0.15, -0.1) is 0 Å². The monoisotopic (exact) mass is 231 g/mol. The van der Waals surface area contributed by atoms with E-state index in [-0.39, 0.29) is 12.6 Å². The summed E-state index contributed by atoms with van der Waals surface area (Å²) in [5.41, 5.74) is 6.76. The van der Waals surface area contributed by atoms with E-state index in [1.165, 1.54) is 4.68 Å². The van der Waals surface area contributed by atoms with Gasteiger partial charge in [0, 0.05) is 6.20 Å². The van der Waals surface area contributed by atoms with Gasteiger partial charge < -0.3 is 10.8 Å². The lowest BCUT2D eigenvalue weighted by molar-refractivity contribution is 0.273. The zero-order valence-electron chi connectivity index (χ0n) is 8.70. The lowest BCUT2D eigenvalue weighted by atomic mass is 10.3. The van der Waals surface area contributed by atoms with Crippen LogP contribution in [-0.4, -0.2) is 35.1 Å². The summed E-state index contributed by atoms with van der Waals surface area (Å²) in [6.45, 7) is -0.136. The number of nitrogens with zero attached hydrogens (tertiary/aromatic N) is 5. The van der Waals surface area contributed by atoms with Gasteiger partial charge in [0.1, 0.15) is 0 Å². The van der Waals surface area contributed by atoms with Crippen molar-refractivity contribution in [2.75, 3.05) is 5.73 Å². The maximum atomic E-state index is 9.20. The van der Waals surface area contributed by atoms with Gasteiger partial charge in [-0.25, -0.2) is 4.68 Å². The number of nitrogens with two attached hydrogens (primary N) is 1.